The molecule has 0 aromatic carbocycles. The Hall–Kier alpha value is -0.0800. The van der Waals surface area contributed by atoms with Gasteiger partial charge >= 0.3 is 0 Å². The van der Waals surface area contributed by atoms with Gasteiger partial charge in [-0.2, -0.15) is 0 Å². The van der Waals surface area contributed by atoms with E-state index >= 15 is 0 Å². The van der Waals surface area contributed by atoms with Gasteiger partial charge in [0.1, 0.15) is 0 Å². The summed E-state index contributed by atoms with van der Waals surface area (Å²) in [6, 6.07) is 2.43. The van der Waals surface area contributed by atoms with Crippen LogP contribution >= 0.6 is 0 Å². The van der Waals surface area contributed by atoms with Gasteiger partial charge in [-0.1, -0.05) is 32.1 Å². The fourth-order valence-electron chi connectivity index (χ4n) is 4.35. The first-order valence-electron chi connectivity index (χ1n) is 8.41. The monoisotopic (exact) mass is 250 g/mol. The van der Waals surface area contributed by atoms with Crippen molar-refractivity contribution >= 4 is 0 Å². The molecular formula is C16H30N2. The van der Waals surface area contributed by atoms with Crippen molar-refractivity contribution in [2.24, 2.45) is 5.92 Å². The molecule has 3 fully saturated rings. The van der Waals surface area contributed by atoms with Crippen molar-refractivity contribution in [1.29, 1.82) is 0 Å². The third kappa shape index (κ3) is 3.27. The molecule has 3 aliphatic rings. The molecule has 2 nitrogen and oxygen atoms in total. The Bertz CT molecular complexity index is 247. The second-order valence-electron chi connectivity index (χ2n) is 6.84. The van der Waals surface area contributed by atoms with Crippen molar-refractivity contribution in [2.45, 2.75) is 88.8 Å². The van der Waals surface area contributed by atoms with Gasteiger partial charge in [-0.3, -0.25) is 0 Å². The summed E-state index contributed by atoms with van der Waals surface area (Å²) < 4.78 is 0. The lowest BCUT2D eigenvalue weighted by Gasteiger charge is -2.41. The average Bonchev–Trinajstić information content (AvgIpc) is 2.46. The summed E-state index contributed by atoms with van der Waals surface area (Å²) in [6.07, 6.45) is 15.9. The zero-order valence-electron chi connectivity index (χ0n) is 11.8. The molecule has 3 rings (SSSR count). The van der Waals surface area contributed by atoms with E-state index in [0.29, 0.717) is 0 Å². The molecule has 3 atom stereocenters. The van der Waals surface area contributed by atoms with E-state index in [1.54, 1.807) is 0 Å². The van der Waals surface area contributed by atoms with E-state index in [1.165, 1.54) is 77.2 Å². The van der Waals surface area contributed by atoms with Gasteiger partial charge < -0.3 is 10.6 Å². The molecule has 1 heterocycles. The lowest BCUT2D eigenvalue weighted by atomic mass is 9.78. The van der Waals surface area contributed by atoms with Crippen molar-refractivity contribution in [3.8, 4) is 0 Å². The molecule has 0 radical (unpaired) electrons. The van der Waals surface area contributed by atoms with Crippen LogP contribution in [0.15, 0.2) is 0 Å². The Morgan fingerprint density at radius 3 is 2.44 bits per heavy atom. The average molecular weight is 250 g/mol. The first-order valence-corrected chi connectivity index (χ1v) is 8.41. The van der Waals surface area contributed by atoms with Gasteiger partial charge in [-0.25, -0.2) is 0 Å². The van der Waals surface area contributed by atoms with Gasteiger partial charge in [-0.05, 0) is 44.4 Å². The van der Waals surface area contributed by atoms with Crippen molar-refractivity contribution < 1.29 is 0 Å². The van der Waals surface area contributed by atoms with Gasteiger partial charge in [-0.15, -0.1) is 0 Å². The fourth-order valence-corrected chi connectivity index (χ4v) is 4.35. The molecule has 2 aliphatic carbocycles. The Morgan fingerprint density at radius 2 is 1.56 bits per heavy atom. The van der Waals surface area contributed by atoms with Crippen LogP contribution in [0.25, 0.3) is 0 Å². The Balaban J connectivity index is 1.40. The molecule has 104 valence electrons. The number of piperidine rings is 1. The standard InChI is InChI=1S/C16H30N2/c1-2-7-14(8-3-1)17-12-15-11-10-13-6-4-5-9-16(13)18-15/h13-18H,1-12H2. The summed E-state index contributed by atoms with van der Waals surface area (Å²) in [4.78, 5) is 0. The zero-order chi connectivity index (χ0) is 12.2. The third-order valence-electron chi connectivity index (χ3n) is 5.50. The first-order chi connectivity index (χ1) is 8.92. The Labute approximate surface area is 112 Å². The molecule has 0 aromatic rings. The van der Waals surface area contributed by atoms with Crippen LogP contribution in [0.5, 0.6) is 0 Å². The van der Waals surface area contributed by atoms with Crippen LogP contribution in [0, 0.1) is 5.92 Å². The van der Waals surface area contributed by atoms with Crippen LogP contribution in [-0.2, 0) is 0 Å². The molecular weight excluding hydrogens is 220 g/mol. The summed E-state index contributed by atoms with van der Waals surface area (Å²) in [5, 5.41) is 7.76. The molecule has 2 heteroatoms. The van der Waals surface area contributed by atoms with E-state index in [2.05, 4.69) is 10.6 Å². The van der Waals surface area contributed by atoms with Crippen LogP contribution in [0.2, 0.25) is 0 Å². The van der Waals surface area contributed by atoms with E-state index in [4.69, 9.17) is 0 Å². The van der Waals surface area contributed by atoms with E-state index in [0.717, 1.165) is 24.0 Å². The minimum atomic E-state index is 0.756. The topological polar surface area (TPSA) is 24.1 Å². The minimum Gasteiger partial charge on any atom is -0.312 e. The van der Waals surface area contributed by atoms with Gasteiger partial charge in [0.2, 0.25) is 0 Å². The molecule has 2 N–H and O–H groups in total. The first kappa shape index (κ1) is 12.9. The summed E-state index contributed by atoms with van der Waals surface area (Å²) in [6.45, 7) is 1.22. The minimum absolute atomic E-state index is 0.756. The molecule has 3 unspecified atom stereocenters. The van der Waals surface area contributed by atoms with Gasteiger partial charge in [0, 0.05) is 24.7 Å². The summed E-state index contributed by atoms with van der Waals surface area (Å²) in [5.41, 5.74) is 0. The number of hydrogen-bond donors (Lipinski definition) is 2. The SMILES string of the molecule is C1CCC(NCC2CCC3CCCCC3N2)CC1. The zero-order valence-corrected chi connectivity index (χ0v) is 11.8. The van der Waals surface area contributed by atoms with E-state index in [1.807, 2.05) is 0 Å². The van der Waals surface area contributed by atoms with E-state index in [9.17, 15) is 0 Å². The van der Waals surface area contributed by atoms with Crippen LogP contribution < -0.4 is 10.6 Å². The fraction of sp³-hybridized carbons (Fsp3) is 1.00. The van der Waals surface area contributed by atoms with E-state index in [-0.39, 0.29) is 0 Å². The van der Waals surface area contributed by atoms with Crippen molar-refractivity contribution in [3.63, 3.8) is 0 Å². The summed E-state index contributed by atoms with van der Waals surface area (Å²) in [5.74, 6) is 1.00. The number of hydrogen-bond acceptors (Lipinski definition) is 2. The quantitative estimate of drug-likeness (QED) is 0.803. The molecule has 0 amide bonds. The molecule has 1 saturated heterocycles. The highest BCUT2D eigenvalue weighted by molar-refractivity contribution is 4.90. The van der Waals surface area contributed by atoms with Crippen LogP contribution in [0.3, 0.4) is 0 Å². The van der Waals surface area contributed by atoms with E-state index < -0.39 is 0 Å². The van der Waals surface area contributed by atoms with Crippen LogP contribution in [0.1, 0.15) is 70.6 Å². The summed E-state index contributed by atoms with van der Waals surface area (Å²) >= 11 is 0. The number of nitrogens with one attached hydrogen (secondary N) is 2. The largest absolute Gasteiger partial charge is 0.312 e. The molecule has 0 bridgehead atoms. The Morgan fingerprint density at radius 1 is 0.778 bits per heavy atom. The highest BCUT2D eigenvalue weighted by Crippen LogP contribution is 2.32. The molecule has 0 spiro atoms. The highest BCUT2D eigenvalue weighted by Gasteiger charge is 2.31. The second-order valence-corrected chi connectivity index (χ2v) is 6.84. The Kier molecular flexibility index (Phi) is 4.58. The van der Waals surface area contributed by atoms with Gasteiger partial charge in [0.15, 0.2) is 0 Å². The summed E-state index contributed by atoms with van der Waals surface area (Å²) in [7, 11) is 0. The van der Waals surface area contributed by atoms with Gasteiger partial charge in [0.25, 0.3) is 0 Å². The maximum absolute atomic E-state index is 3.93. The lowest BCUT2D eigenvalue weighted by molar-refractivity contribution is 0.171. The number of rotatable bonds is 3. The van der Waals surface area contributed by atoms with Crippen molar-refractivity contribution in [2.75, 3.05) is 6.54 Å². The molecule has 2 saturated carbocycles. The lowest BCUT2D eigenvalue weighted by Crippen LogP contribution is -2.53. The van der Waals surface area contributed by atoms with Crippen molar-refractivity contribution in [1.82, 2.24) is 10.6 Å². The predicted octanol–water partition coefficient (Wildman–Crippen LogP) is 3.22. The smallest absolute Gasteiger partial charge is 0.0195 e. The second kappa shape index (κ2) is 6.38. The van der Waals surface area contributed by atoms with Crippen LogP contribution in [0.4, 0.5) is 0 Å². The molecule has 18 heavy (non-hydrogen) atoms. The maximum atomic E-state index is 3.93. The molecule has 0 aromatic heterocycles. The maximum Gasteiger partial charge on any atom is 0.0195 e. The highest BCUT2D eigenvalue weighted by atomic mass is 15.0. The third-order valence-corrected chi connectivity index (χ3v) is 5.50. The molecule has 1 aliphatic heterocycles. The van der Waals surface area contributed by atoms with Crippen LogP contribution in [-0.4, -0.2) is 24.7 Å². The normalized spacial score (nSPS) is 38.3. The number of fused-ring (bicyclic) bond motifs is 1. The van der Waals surface area contributed by atoms with Gasteiger partial charge in [0.05, 0.1) is 0 Å². The van der Waals surface area contributed by atoms with Crippen molar-refractivity contribution in [3.05, 3.63) is 0 Å². The predicted molar refractivity (Wildman–Crippen MR) is 76.8 cm³/mol.